The van der Waals surface area contributed by atoms with Gasteiger partial charge in [0.1, 0.15) is 6.54 Å². The van der Waals surface area contributed by atoms with Crippen molar-refractivity contribution < 1.29 is 14.3 Å². The first-order chi connectivity index (χ1) is 16.6. The van der Waals surface area contributed by atoms with E-state index in [-0.39, 0.29) is 24.6 Å². The number of nitrogens with one attached hydrogen (secondary N) is 1. The zero-order valence-corrected chi connectivity index (χ0v) is 20.4. The van der Waals surface area contributed by atoms with Crippen molar-refractivity contribution in [3.05, 3.63) is 87.6 Å². The van der Waals surface area contributed by atoms with E-state index in [0.29, 0.717) is 37.0 Å². The van der Waals surface area contributed by atoms with Gasteiger partial charge in [0.25, 0.3) is 0 Å². The van der Waals surface area contributed by atoms with Gasteiger partial charge in [0, 0.05) is 35.3 Å². The molecular weight excluding hydrogens is 470 g/mol. The number of ether oxygens (including phenoxy) is 1. The highest BCUT2D eigenvalue weighted by atomic mass is 35.5. The fraction of sp³-hybridized carbons (Fsp3) is 0.308. The van der Waals surface area contributed by atoms with Crippen molar-refractivity contribution in [2.24, 2.45) is 0 Å². The molecule has 0 unspecified atom stereocenters. The van der Waals surface area contributed by atoms with E-state index < -0.39 is 0 Å². The molecule has 1 saturated heterocycles. The Kier molecular flexibility index (Phi) is 8.57. The quantitative estimate of drug-likeness (QED) is 0.416. The van der Waals surface area contributed by atoms with Crippen molar-refractivity contribution in [3.63, 3.8) is 0 Å². The van der Waals surface area contributed by atoms with Crippen LogP contribution >= 0.6 is 22.9 Å². The van der Waals surface area contributed by atoms with E-state index in [1.807, 2.05) is 47.8 Å². The zero-order valence-electron chi connectivity index (χ0n) is 18.9. The standard InChI is InChI=1S/C26H28ClN3O3S/c27-21-9-4-10-22(15-21)28-26(32)30(17-23-11-5-13-33-23)19-25(31)29(18-24-12-6-14-34-24)16-20-7-2-1-3-8-20/h1-4,6-10,12,14-15,23H,5,11,13,16-19H2,(H,28,32)/t23-/m1/s1. The second-order valence-corrected chi connectivity index (χ2v) is 9.74. The Morgan fingerprint density at radius 1 is 1.03 bits per heavy atom. The summed E-state index contributed by atoms with van der Waals surface area (Å²) >= 11 is 7.69. The van der Waals surface area contributed by atoms with Crippen molar-refractivity contribution in [2.45, 2.75) is 32.0 Å². The molecule has 8 heteroatoms. The summed E-state index contributed by atoms with van der Waals surface area (Å²) in [5.41, 5.74) is 1.63. The van der Waals surface area contributed by atoms with E-state index in [0.717, 1.165) is 23.3 Å². The minimum absolute atomic E-state index is 0.0372. The third-order valence-electron chi connectivity index (χ3n) is 5.63. The van der Waals surface area contributed by atoms with Crippen LogP contribution in [-0.2, 0) is 22.6 Å². The number of carbonyl (C=O) groups is 2. The molecule has 3 amide bonds. The Morgan fingerprint density at radius 2 is 1.88 bits per heavy atom. The summed E-state index contributed by atoms with van der Waals surface area (Å²) in [5, 5.41) is 5.41. The molecule has 178 valence electrons. The molecule has 1 fully saturated rings. The molecule has 3 aromatic rings. The smallest absolute Gasteiger partial charge is 0.322 e. The van der Waals surface area contributed by atoms with E-state index in [9.17, 15) is 9.59 Å². The Labute approximate surface area is 209 Å². The molecule has 1 aliphatic rings. The number of carbonyl (C=O) groups excluding carboxylic acids is 2. The molecule has 34 heavy (non-hydrogen) atoms. The number of urea groups is 1. The molecule has 2 aromatic carbocycles. The predicted octanol–water partition coefficient (Wildman–Crippen LogP) is 5.64. The van der Waals surface area contributed by atoms with Gasteiger partial charge in [-0.3, -0.25) is 4.79 Å². The van der Waals surface area contributed by atoms with E-state index in [4.69, 9.17) is 16.3 Å². The third kappa shape index (κ3) is 7.06. The Hall–Kier alpha value is -2.87. The number of thiophene rings is 1. The number of hydrogen-bond acceptors (Lipinski definition) is 4. The molecule has 0 radical (unpaired) electrons. The maximum Gasteiger partial charge on any atom is 0.322 e. The lowest BCUT2D eigenvalue weighted by Crippen LogP contribution is -2.46. The molecular formula is C26H28ClN3O3S. The largest absolute Gasteiger partial charge is 0.376 e. The zero-order chi connectivity index (χ0) is 23.8. The van der Waals surface area contributed by atoms with Gasteiger partial charge in [0.2, 0.25) is 5.91 Å². The molecule has 0 saturated carbocycles. The molecule has 0 bridgehead atoms. The molecule has 4 rings (SSSR count). The monoisotopic (exact) mass is 497 g/mol. The molecule has 1 aliphatic heterocycles. The lowest BCUT2D eigenvalue weighted by Gasteiger charge is -2.29. The van der Waals surface area contributed by atoms with Crippen molar-refractivity contribution in [1.29, 1.82) is 0 Å². The number of halogens is 1. The highest BCUT2D eigenvalue weighted by Gasteiger charge is 2.27. The van der Waals surface area contributed by atoms with Crippen molar-refractivity contribution >= 4 is 40.6 Å². The first kappa shape index (κ1) is 24.3. The Bertz CT molecular complexity index is 1070. The van der Waals surface area contributed by atoms with Crippen LogP contribution in [0.5, 0.6) is 0 Å². The molecule has 1 N–H and O–H groups in total. The number of hydrogen-bond donors (Lipinski definition) is 1. The van der Waals surface area contributed by atoms with E-state index in [1.54, 1.807) is 45.4 Å². The van der Waals surface area contributed by atoms with Crippen molar-refractivity contribution in [3.8, 4) is 0 Å². The van der Waals surface area contributed by atoms with Crippen LogP contribution in [0.2, 0.25) is 5.02 Å². The summed E-state index contributed by atoms with van der Waals surface area (Å²) in [6, 6.07) is 20.5. The van der Waals surface area contributed by atoms with Crippen LogP contribution in [0.1, 0.15) is 23.3 Å². The number of rotatable bonds is 9. The third-order valence-corrected chi connectivity index (χ3v) is 6.73. The van der Waals surface area contributed by atoms with Crippen LogP contribution in [0.3, 0.4) is 0 Å². The molecule has 6 nitrogen and oxygen atoms in total. The highest BCUT2D eigenvalue weighted by molar-refractivity contribution is 7.09. The lowest BCUT2D eigenvalue weighted by molar-refractivity contribution is -0.133. The van der Waals surface area contributed by atoms with E-state index in [2.05, 4.69) is 5.32 Å². The van der Waals surface area contributed by atoms with Crippen LogP contribution < -0.4 is 5.32 Å². The topological polar surface area (TPSA) is 61.9 Å². The fourth-order valence-electron chi connectivity index (χ4n) is 3.91. The van der Waals surface area contributed by atoms with Gasteiger partial charge in [0.05, 0.1) is 12.6 Å². The van der Waals surface area contributed by atoms with Gasteiger partial charge in [-0.1, -0.05) is 54.1 Å². The number of amides is 3. The van der Waals surface area contributed by atoms with Crippen LogP contribution in [-0.4, -0.2) is 47.5 Å². The Balaban J connectivity index is 1.50. The summed E-state index contributed by atoms with van der Waals surface area (Å²) in [5.74, 6) is -0.114. The normalized spacial score (nSPS) is 15.1. The SMILES string of the molecule is O=C(CN(C[C@H]1CCCO1)C(=O)Nc1cccc(Cl)c1)N(Cc1ccccc1)Cc1cccs1. The summed E-state index contributed by atoms with van der Waals surface area (Å²) in [4.78, 5) is 31.2. The summed E-state index contributed by atoms with van der Waals surface area (Å²) in [7, 11) is 0. The predicted molar refractivity (Wildman–Crippen MR) is 136 cm³/mol. The number of nitrogens with zero attached hydrogens (tertiary/aromatic N) is 2. The van der Waals surface area contributed by atoms with Crippen LogP contribution in [0.25, 0.3) is 0 Å². The second-order valence-electron chi connectivity index (χ2n) is 8.27. The molecule has 1 aromatic heterocycles. The first-order valence-electron chi connectivity index (χ1n) is 11.3. The number of benzene rings is 2. The van der Waals surface area contributed by atoms with Gasteiger partial charge >= 0.3 is 6.03 Å². The average Bonchev–Trinajstić information content (AvgIpc) is 3.53. The van der Waals surface area contributed by atoms with Gasteiger partial charge in [0.15, 0.2) is 0 Å². The summed E-state index contributed by atoms with van der Waals surface area (Å²) in [6.45, 7) is 1.97. The molecule has 2 heterocycles. The van der Waals surface area contributed by atoms with Crippen LogP contribution in [0.4, 0.5) is 10.5 Å². The summed E-state index contributed by atoms with van der Waals surface area (Å²) in [6.07, 6.45) is 1.76. The van der Waals surface area contributed by atoms with Gasteiger partial charge in [-0.25, -0.2) is 4.79 Å². The minimum atomic E-state index is -0.345. The van der Waals surface area contributed by atoms with Crippen molar-refractivity contribution in [2.75, 3.05) is 25.0 Å². The van der Waals surface area contributed by atoms with Crippen molar-refractivity contribution in [1.82, 2.24) is 9.80 Å². The first-order valence-corrected chi connectivity index (χ1v) is 12.6. The highest BCUT2D eigenvalue weighted by Crippen LogP contribution is 2.19. The molecule has 0 aliphatic carbocycles. The Morgan fingerprint density at radius 3 is 2.59 bits per heavy atom. The van der Waals surface area contributed by atoms with Crippen LogP contribution in [0, 0.1) is 0 Å². The maximum absolute atomic E-state index is 13.5. The molecule has 0 spiro atoms. The molecule has 1 atom stereocenters. The average molecular weight is 498 g/mol. The maximum atomic E-state index is 13.5. The number of anilines is 1. The fourth-order valence-corrected chi connectivity index (χ4v) is 4.82. The van der Waals surface area contributed by atoms with E-state index in [1.165, 1.54) is 0 Å². The second kappa shape index (κ2) is 12.0. The van der Waals surface area contributed by atoms with Gasteiger partial charge in [-0.05, 0) is 48.1 Å². The van der Waals surface area contributed by atoms with Gasteiger partial charge in [-0.15, -0.1) is 11.3 Å². The van der Waals surface area contributed by atoms with Gasteiger partial charge in [-0.2, -0.15) is 0 Å². The summed E-state index contributed by atoms with van der Waals surface area (Å²) < 4.78 is 5.76. The van der Waals surface area contributed by atoms with Gasteiger partial charge < -0.3 is 19.9 Å². The lowest BCUT2D eigenvalue weighted by atomic mass is 10.2. The van der Waals surface area contributed by atoms with Crippen LogP contribution in [0.15, 0.2) is 72.1 Å². The minimum Gasteiger partial charge on any atom is -0.376 e. The van der Waals surface area contributed by atoms with E-state index >= 15 is 0 Å².